The summed E-state index contributed by atoms with van der Waals surface area (Å²) in [6, 6.07) is 15.8. The SMILES string of the molecule is C.C=C(NCc1ccc(C(C)=O)cc1)/C(=C/C)C(=N)Cc1ccc(C)cc1. The van der Waals surface area contributed by atoms with Crippen LogP contribution in [-0.2, 0) is 13.0 Å². The summed E-state index contributed by atoms with van der Waals surface area (Å²) in [5, 5.41) is 11.7. The molecule has 2 aromatic rings. The Morgan fingerprint density at radius 2 is 1.63 bits per heavy atom. The summed E-state index contributed by atoms with van der Waals surface area (Å²) < 4.78 is 0. The van der Waals surface area contributed by atoms with Gasteiger partial charge >= 0.3 is 0 Å². The molecule has 0 aliphatic heterocycles. The lowest BCUT2D eigenvalue weighted by Gasteiger charge is -2.15. The van der Waals surface area contributed by atoms with Gasteiger partial charge in [0.1, 0.15) is 0 Å². The average molecular weight is 363 g/mol. The molecule has 0 aliphatic carbocycles. The average Bonchev–Trinajstić information content (AvgIpc) is 2.63. The minimum atomic E-state index is 0. The van der Waals surface area contributed by atoms with Gasteiger partial charge in [-0.1, -0.05) is 74.2 Å². The summed E-state index contributed by atoms with van der Waals surface area (Å²) in [4.78, 5) is 11.3. The predicted octanol–water partition coefficient (Wildman–Crippen LogP) is 5.65. The van der Waals surface area contributed by atoms with E-state index in [4.69, 9.17) is 5.41 Å². The molecule has 3 nitrogen and oxygen atoms in total. The predicted molar refractivity (Wildman–Crippen MR) is 116 cm³/mol. The highest BCUT2D eigenvalue weighted by atomic mass is 16.1. The van der Waals surface area contributed by atoms with E-state index in [2.05, 4.69) is 43.1 Å². The van der Waals surface area contributed by atoms with Crippen molar-refractivity contribution >= 4 is 11.5 Å². The third-order valence-corrected chi connectivity index (χ3v) is 4.31. The van der Waals surface area contributed by atoms with Gasteiger partial charge in [0.2, 0.25) is 0 Å². The fraction of sp³-hybridized carbons (Fsp3) is 0.250. The fourth-order valence-corrected chi connectivity index (χ4v) is 2.70. The molecule has 142 valence electrons. The first-order valence-corrected chi connectivity index (χ1v) is 8.73. The normalized spacial score (nSPS) is 10.7. The molecule has 0 amide bonds. The van der Waals surface area contributed by atoms with Crippen molar-refractivity contribution in [1.82, 2.24) is 5.32 Å². The second-order valence-corrected chi connectivity index (χ2v) is 6.43. The summed E-state index contributed by atoms with van der Waals surface area (Å²) in [6.45, 7) is 10.2. The van der Waals surface area contributed by atoms with Gasteiger partial charge in [-0.05, 0) is 31.9 Å². The molecule has 0 radical (unpaired) electrons. The Labute approximate surface area is 163 Å². The van der Waals surface area contributed by atoms with Gasteiger partial charge in [0.25, 0.3) is 0 Å². The third kappa shape index (κ3) is 6.37. The molecule has 27 heavy (non-hydrogen) atoms. The molecule has 0 fully saturated rings. The zero-order chi connectivity index (χ0) is 19.1. The number of carbonyl (C=O) groups is 1. The molecule has 0 saturated heterocycles. The first-order chi connectivity index (χ1) is 12.4. The number of allylic oxidation sites excluding steroid dienone is 2. The van der Waals surface area contributed by atoms with E-state index in [1.807, 2.05) is 37.3 Å². The monoisotopic (exact) mass is 362 g/mol. The molecule has 2 rings (SSSR count). The summed E-state index contributed by atoms with van der Waals surface area (Å²) >= 11 is 0. The Hall–Kier alpha value is -2.94. The standard InChI is InChI=1S/C23H26N2O.CH4/c1-5-22(23(24)14-19-8-6-16(2)7-9-19)17(3)25-15-20-10-12-21(13-11-20)18(4)26;/h5-13,24-25H,3,14-15H2,1-2,4H3;1H4/b22-5-,24-23?;. The Morgan fingerprint density at radius 1 is 1.07 bits per heavy atom. The molecule has 2 N–H and O–H groups in total. The van der Waals surface area contributed by atoms with Gasteiger partial charge in [0.15, 0.2) is 5.78 Å². The Kier molecular flexibility index (Phi) is 8.40. The van der Waals surface area contributed by atoms with Crippen molar-refractivity contribution in [2.45, 2.75) is 41.2 Å². The van der Waals surface area contributed by atoms with Crippen LogP contribution in [0.2, 0.25) is 0 Å². The third-order valence-electron chi connectivity index (χ3n) is 4.31. The minimum absolute atomic E-state index is 0. The van der Waals surface area contributed by atoms with E-state index in [0.717, 1.165) is 22.4 Å². The van der Waals surface area contributed by atoms with Crippen LogP contribution in [0.4, 0.5) is 0 Å². The van der Waals surface area contributed by atoms with E-state index in [1.54, 1.807) is 6.92 Å². The van der Waals surface area contributed by atoms with Gasteiger partial charge in [-0.3, -0.25) is 4.79 Å². The number of carbonyl (C=O) groups excluding carboxylic acids is 1. The Bertz CT molecular complexity index is 828. The maximum absolute atomic E-state index is 11.3. The van der Waals surface area contributed by atoms with Crippen molar-refractivity contribution < 1.29 is 4.79 Å². The highest BCUT2D eigenvalue weighted by molar-refractivity contribution is 6.02. The Morgan fingerprint density at radius 3 is 2.15 bits per heavy atom. The van der Waals surface area contributed by atoms with Crippen molar-refractivity contribution in [1.29, 1.82) is 5.41 Å². The van der Waals surface area contributed by atoms with Crippen molar-refractivity contribution in [3.63, 3.8) is 0 Å². The number of rotatable bonds is 8. The molecule has 0 bridgehead atoms. The number of aryl methyl sites for hydroxylation is 1. The van der Waals surface area contributed by atoms with E-state index in [-0.39, 0.29) is 13.2 Å². The van der Waals surface area contributed by atoms with Gasteiger partial charge in [-0.15, -0.1) is 0 Å². The van der Waals surface area contributed by atoms with Gasteiger partial charge in [0.05, 0.1) is 0 Å². The molecule has 0 aromatic heterocycles. The smallest absolute Gasteiger partial charge is 0.159 e. The lowest BCUT2D eigenvalue weighted by atomic mass is 9.99. The molecule has 3 heteroatoms. The summed E-state index contributed by atoms with van der Waals surface area (Å²) in [5.41, 5.74) is 6.21. The maximum atomic E-state index is 11.3. The summed E-state index contributed by atoms with van der Waals surface area (Å²) in [6.07, 6.45) is 2.50. The van der Waals surface area contributed by atoms with Crippen LogP contribution in [0.25, 0.3) is 0 Å². The van der Waals surface area contributed by atoms with Crippen molar-refractivity contribution in [3.8, 4) is 0 Å². The van der Waals surface area contributed by atoms with Gasteiger partial charge < -0.3 is 10.7 Å². The van der Waals surface area contributed by atoms with Crippen LogP contribution in [0.1, 0.15) is 48.3 Å². The number of hydrogen-bond donors (Lipinski definition) is 2. The van der Waals surface area contributed by atoms with Crippen molar-refractivity contribution in [2.24, 2.45) is 0 Å². The number of hydrogen-bond acceptors (Lipinski definition) is 3. The molecular weight excluding hydrogens is 332 g/mol. The highest BCUT2D eigenvalue weighted by Gasteiger charge is 2.09. The lowest BCUT2D eigenvalue weighted by Crippen LogP contribution is -2.18. The van der Waals surface area contributed by atoms with E-state index < -0.39 is 0 Å². The Balaban J connectivity index is 0.00000364. The van der Waals surface area contributed by atoms with E-state index >= 15 is 0 Å². The molecule has 2 aromatic carbocycles. The van der Waals surface area contributed by atoms with Crippen LogP contribution in [0.3, 0.4) is 0 Å². The van der Waals surface area contributed by atoms with Crippen LogP contribution in [0.15, 0.2) is 72.5 Å². The van der Waals surface area contributed by atoms with Crippen LogP contribution in [0.5, 0.6) is 0 Å². The second-order valence-electron chi connectivity index (χ2n) is 6.43. The number of Topliss-reactive ketones (excluding diaryl/α,β-unsaturated/α-hetero) is 1. The van der Waals surface area contributed by atoms with E-state index in [0.29, 0.717) is 24.2 Å². The summed E-state index contributed by atoms with van der Waals surface area (Å²) in [7, 11) is 0. The topological polar surface area (TPSA) is 53.0 Å². The minimum Gasteiger partial charge on any atom is -0.381 e. The molecule has 0 atom stereocenters. The van der Waals surface area contributed by atoms with Crippen molar-refractivity contribution in [3.05, 3.63) is 94.7 Å². The number of nitrogens with one attached hydrogen (secondary N) is 2. The maximum Gasteiger partial charge on any atom is 0.159 e. The first kappa shape index (κ1) is 22.1. The van der Waals surface area contributed by atoms with E-state index in [9.17, 15) is 4.79 Å². The number of benzene rings is 2. The molecule has 0 saturated carbocycles. The zero-order valence-corrected chi connectivity index (χ0v) is 15.7. The van der Waals surface area contributed by atoms with Gasteiger partial charge in [-0.2, -0.15) is 0 Å². The van der Waals surface area contributed by atoms with Crippen molar-refractivity contribution in [2.75, 3.05) is 0 Å². The first-order valence-electron chi connectivity index (χ1n) is 8.73. The van der Waals surface area contributed by atoms with Crippen LogP contribution >= 0.6 is 0 Å². The lowest BCUT2D eigenvalue weighted by molar-refractivity contribution is 0.101. The van der Waals surface area contributed by atoms with E-state index in [1.165, 1.54) is 5.56 Å². The zero-order valence-electron chi connectivity index (χ0n) is 15.7. The molecule has 0 heterocycles. The molecular formula is C24H30N2O. The molecule has 0 aliphatic rings. The van der Waals surface area contributed by atoms with Gasteiger partial charge in [-0.25, -0.2) is 0 Å². The largest absolute Gasteiger partial charge is 0.381 e. The number of ketones is 1. The molecule has 0 unspecified atom stereocenters. The second kappa shape index (κ2) is 10.3. The van der Waals surface area contributed by atoms with Crippen LogP contribution in [0, 0.1) is 12.3 Å². The fourth-order valence-electron chi connectivity index (χ4n) is 2.70. The highest BCUT2D eigenvalue weighted by Crippen LogP contribution is 2.13. The summed E-state index contributed by atoms with van der Waals surface area (Å²) in [5.74, 6) is 0.0645. The quantitative estimate of drug-likeness (QED) is 0.362. The van der Waals surface area contributed by atoms with Gasteiger partial charge in [0, 0.05) is 35.5 Å². The molecule has 0 spiro atoms. The van der Waals surface area contributed by atoms with Crippen LogP contribution in [-0.4, -0.2) is 11.5 Å². The van der Waals surface area contributed by atoms with Crippen LogP contribution < -0.4 is 5.32 Å².